The van der Waals surface area contributed by atoms with E-state index in [1.54, 1.807) is 4.90 Å². The highest BCUT2D eigenvalue weighted by atomic mass is 16.5. The van der Waals surface area contributed by atoms with Gasteiger partial charge in [0.1, 0.15) is 18.0 Å². The first kappa shape index (κ1) is 17.2. The normalized spacial score (nSPS) is 17.3. The molecular weight excluding hydrogens is 324 g/mol. The second-order valence-corrected chi connectivity index (χ2v) is 7.42. The summed E-state index contributed by atoms with van der Waals surface area (Å²) in [4.78, 5) is 3.97. The van der Waals surface area contributed by atoms with Gasteiger partial charge in [0.2, 0.25) is 0 Å². The van der Waals surface area contributed by atoms with Crippen molar-refractivity contribution in [3.63, 3.8) is 0 Å². The molecular formula is C22H29N2O2+. The maximum Gasteiger partial charge on any atom is 0.142 e. The van der Waals surface area contributed by atoms with E-state index in [9.17, 15) is 5.11 Å². The van der Waals surface area contributed by atoms with Crippen LogP contribution in [0.1, 0.15) is 30.0 Å². The van der Waals surface area contributed by atoms with Crippen LogP contribution in [-0.2, 0) is 19.4 Å². The smallest absolute Gasteiger partial charge is 0.142 e. The Morgan fingerprint density at radius 2 is 1.81 bits per heavy atom. The second-order valence-electron chi connectivity index (χ2n) is 7.42. The number of nitrogens with one attached hydrogen (secondary N) is 1. The molecule has 4 heteroatoms. The van der Waals surface area contributed by atoms with Gasteiger partial charge in [-0.25, -0.2) is 0 Å². The van der Waals surface area contributed by atoms with Gasteiger partial charge in [0, 0.05) is 5.56 Å². The summed E-state index contributed by atoms with van der Waals surface area (Å²) in [6, 6.07) is 12.6. The first-order valence-electron chi connectivity index (χ1n) is 9.88. The molecule has 0 spiro atoms. The number of phenolic OH excluding ortho intramolecular Hbond substituents is 1. The number of hydrogen-bond donors (Lipinski definition) is 2. The zero-order chi connectivity index (χ0) is 17.9. The topological polar surface area (TPSA) is 37.1 Å². The second kappa shape index (κ2) is 7.58. The summed E-state index contributed by atoms with van der Waals surface area (Å²) in [5.41, 5.74) is 5.11. The van der Waals surface area contributed by atoms with Crippen LogP contribution < -0.4 is 14.5 Å². The Labute approximate surface area is 156 Å². The van der Waals surface area contributed by atoms with Gasteiger partial charge in [-0.05, 0) is 61.6 Å². The number of quaternary nitrogens is 1. The molecule has 0 radical (unpaired) electrons. The fourth-order valence-electron chi connectivity index (χ4n) is 4.31. The number of rotatable bonds is 5. The number of nitrogens with zero attached hydrogens (tertiary/aromatic N) is 1. The molecule has 1 fully saturated rings. The molecule has 1 saturated heterocycles. The van der Waals surface area contributed by atoms with Gasteiger partial charge in [-0.2, -0.15) is 0 Å². The number of para-hydroxylation sites is 2. The predicted molar refractivity (Wildman–Crippen MR) is 104 cm³/mol. The monoisotopic (exact) mass is 353 g/mol. The highest BCUT2D eigenvalue weighted by Gasteiger charge is 2.24. The van der Waals surface area contributed by atoms with Crippen molar-refractivity contribution >= 4 is 5.69 Å². The Morgan fingerprint density at radius 1 is 1.08 bits per heavy atom. The van der Waals surface area contributed by atoms with Crippen LogP contribution in [0.15, 0.2) is 36.4 Å². The van der Waals surface area contributed by atoms with E-state index in [0.29, 0.717) is 12.4 Å². The average molecular weight is 353 g/mol. The van der Waals surface area contributed by atoms with Gasteiger partial charge in [0.15, 0.2) is 0 Å². The lowest BCUT2D eigenvalue weighted by Crippen LogP contribution is -3.13. The molecule has 1 aliphatic heterocycles. The van der Waals surface area contributed by atoms with Crippen molar-refractivity contribution in [3.05, 3.63) is 53.1 Å². The molecule has 4 nitrogen and oxygen atoms in total. The summed E-state index contributed by atoms with van der Waals surface area (Å²) in [6.07, 6.45) is 3.51. The number of anilines is 1. The summed E-state index contributed by atoms with van der Waals surface area (Å²) in [5, 5.41) is 10.4. The maximum absolute atomic E-state index is 10.4. The number of fused-ring (bicyclic) bond motifs is 1. The van der Waals surface area contributed by atoms with Crippen molar-refractivity contribution in [1.29, 1.82) is 0 Å². The zero-order valence-electron chi connectivity index (χ0n) is 15.6. The molecule has 2 aromatic rings. The number of hydrogen-bond acceptors (Lipinski definition) is 3. The Morgan fingerprint density at radius 3 is 2.58 bits per heavy atom. The van der Waals surface area contributed by atoms with E-state index in [4.69, 9.17) is 4.74 Å². The third-order valence-corrected chi connectivity index (χ3v) is 5.71. The molecule has 4 rings (SSSR count). The van der Waals surface area contributed by atoms with Crippen LogP contribution in [0.4, 0.5) is 5.69 Å². The molecule has 0 aromatic heterocycles. The van der Waals surface area contributed by atoms with Gasteiger partial charge in [0.05, 0.1) is 38.5 Å². The largest absolute Gasteiger partial charge is 0.507 e. The third kappa shape index (κ3) is 3.51. The molecule has 138 valence electrons. The van der Waals surface area contributed by atoms with Crippen LogP contribution in [0.3, 0.4) is 0 Å². The van der Waals surface area contributed by atoms with Crippen molar-refractivity contribution in [1.82, 2.24) is 0 Å². The summed E-state index contributed by atoms with van der Waals surface area (Å²) < 4.78 is 5.79. The number of benzene rings is 2. The van der Waals surface area contributed by atoms with Crippen molar-refractivity contribution in [2.24, 2.45) is 0 Å². The fourth-order valence-corrected chi connectivity index (χ4v) is 4.31. The maximum atomic E-state index is 10.4. The summed E-state index contributed by atoms with van der Waals surface area (Å²) in [7, 11) is 0. The lowest BCUT2D eigenvalue weighted by molar-refractivity contribution is -0.914. The highest BCUT2D eigenvalue weighted by Crippen LogP contribution is 2.29. The van der Waals surface area contributed by atoms with E-state index < -0.39 is 0 Å². The molecule has 1 aliphatic carbocycles. The molecule has 26 heavy (non-hydrogen) atoms. The van der Waals surface area contributed by atoms with Gasteiger partial charge in [0.25, 0.3) is 0 Å². The molecule has 2 aliphatic rings. The summed E-state index contributed by atoms with van der Waals surface area (Å²) in [6.45, 7) is 7.84. The molecule has 2 aromatic carbocycles. The fraction of sp³-hybridized carbons (Fsp3) is 0.455. The van der Waals surface area contributed by atoms with Crippen LogP contribution in [0, 0.1) is 0 Å². The van der Waals surface area contributed by atoms with Crippen LogP contribution in [-0.4, -0.2) is 37.9 Å². The van der Waals surface area contributed by atoms with Gasteiger partial charge < -0.3 is 19.6 Å². The molecule has 0 saturated carbocycles. The van der Waals surface area contributed by atoms with Gasteiger partial charge in [-0.1, -0.05) is 12.1 Å². The minimum absolute atomic E-state index is 0.488. The molecule has 1 heterocycles. The standard InChI is InChI=1S/C22H28N2O2/c1-2-26-22-9-4-3-8-20(22)24-12-10-23(11-13-24)16-19-14-17-6-5-7-18(17)15-21(19)25/h3-4,8-9,14-15,25H,2,5-7,10-13,16H2,1H3/p+1. The number of phenols is 1. The van der Waals surface area contributed by atoms with Crippen molar-refractivity contribution < 1.29 is 14.7 Å². The van der Waals surface area contributed by atoms with E-state index in [0.717, 1.165) is 50.5 Å². The van der Waals surface area contributed by atoms with Crippen molar-refractivity contribution in [2.75, 3.05) is 37.7 Å². The van der Waals surface area contributed by atoms with Gasteiger partial charge in [-0.3, -0.25) is 0 Å². The van der Waals surface area contributed by atoms with Crippen LogP contribution in [0.5, 0.6) is 11.5 Å². The van der Waals surface area contributed by atoms with E-state index in [-0.39, 0.29) is 0 Å². The van der Waals surface area contributed by atoms with Crippen molar-refractivity contribution in [2.45, 2.75) is 32.7 Å². The van der Waals surface area contributed by atoms with Crippen LogP contribution >= 0.6 is 0 Å². The van der Waals surface area contributed by atoms with E-state index >= 15 is 0 Å². The zero-order valence-corrected chi connectivity index (χ0v) is 15.6. The lowest BCUT2D eigenvalue weighted by atomic mass is 10.0. The Balaban J connectivity index is 1.40. The van der Waals surface area contributed by atoms with Crippen LogP contribution in [0.2, 0.25) is 0 Å². The molecule has 2 N–H and O–H groups in total. The van der Waals surface area contributed by atoms with Crippen LogP contribution in [0.25, 0.3) is 0 Å². The lowest BCUT2D eigenvalue weighted by Gasteiger charge is -2.34. The SMILES string of the molecule is CCOc1ccccc1N1CC[NH+](Cc2cc3c(cc2O)CCC3)CC1. The minimum Gasteiger partial charge on any atom is -0.507 e. The van der Waals surface area contributed by atoms with Gasteiger partial charge in [-0.15, -0.1) is 0 Å². The number of aromatic hydroxyl groups is 1. The van der Waals surface area contributed by atoms with Gasteiger partial charge >= 0.3 is 0 Å². The highest BCUT2D eigenvalue weighted by molar-refractivity contribution is 5.58. The third-order valence-electron chi connectivity index (χ3n) is 5.71. The molecule has 0 bridgehead atoms. The Bertz CT molecular complexity index is 767. The summed E-state index contributed by atoms with van der Waals surface area (Å²) in [5.74, 6) is 1.47. The first-order chi connectivity index (χ1) is 12.7. The summed E-state index contributed by atoms with van der Waals surface area (Å²) >= 11 is 0. The van der Waals surface area contributed by atoms with E-state index in [1.807, 2.05) is 19.1 Å². The number of piperazine rings is 1. The van der Waals surface area contributed by atoms with Crippen molar-refractivity contribution in [3.8, 4) is 11.5 Å². The Hall–Kier alpha value is -2.20. The average Bonchev–Trinajstić information content (AvgIpc) is 3.11. The Kier molecular flexibility index (Phi) is 5.02. The predicted octanol–water partition coefficient (Wildman–Crippen LogP) is 2.18. The molecule has 0 atom stereocenters. The molecule has 0 amide bonds. The number of ether oxygens (including phenoxy) is 1. The van der Waals surface area contributed by atoms with E-state index in [1.165, 1.54) is 29.7 Å². The number of aryl methyl sites for hydroxylation is 2. The van der Waals surface area contributed by atoms with E-state index in [2.05, 4.69) is 29.2 Å². The molecule has 0 unspecified atom stereocenters. The first-order valence-corrected chi connectivity index (χ1v) is 9.88. The minimum atomic E-state index is 0.488. The quantitative estimate of drug-likeness (QED) is 0.865.